The Kier molecular flexibility index (Phi) is 32.7. The molecule has 1 aliphatic rings. The van der Waals surface area contributed by atoms with E-state index in [0.717, 1.165) is 38.5 Å². The fourth-order valence-electron chi connectivity index (χ4n) is 6.39. The van der Waals surface area contributed by atoms with Crippen molar-refractivity contribution in [3.8, 4) is 0 Å². The molecule has 11 heteroatoms. The van der Waals surface area contributed by atoms with Crippen LogP contribution < -0.4 is 0 Å². The van der Waals surface area contributed by atoms with E-state index in [9.17, 15) is 19.0 Å². The Labute approximate surface area is 348 Å². The highest BCUT2D eigenvalue weighted by atomic mass is 31.2. The predicted molar refractivity (Wildman–Crippen MR) is 233 cm³/mol. The van der Waals surface area contributed by atoms with Gasteiger partial charge in [-0.05, 0) is 44.9 Å². The van der Waals surface area contributed by atoms with E-state index in [1.807, 2.05) is 21.1 Å². The number of carbonyl (C=O) groups excluding carboxylic acids is 2. The molecular weight excluding hydrogens is 741 g/mol. The van der Waals surface area contributed by atoms with Gasteiger partial charge in [0.15, 0.2) is 6.10 Å². The van der Waals surface area contributed by atoms with E-state index in [-0.39, 0.29) is 26.1 Å². The predicted octanol–water partition coefficient (Wildman–Crippen LogP) is 11.9. The zero-order valence-corrected chi connectivity index (χ0v) is 37.9. The first-order valence-corrected chi connectivity index (χ1v) is 24.3. The molecule has 1 fully saturated rings. The van der Waals surface area contributed by atoms with Gasteiger partial charge in [0.2, 0.25) is 0 Å². The van der Waals surface area contributed by atoms with Crippen LogP contribution in [-0.4, -0.2) is 87.1 Å². The molecule has 0 aromatic heterocycles. The van der Waals surface area contributed by atoms with Gasteiger partial charge in [0, 0.05) is 12.8 Å². The van der Waals surface area contributed by atoms with Crippen LogP contribution in [0.25, 0.3) is 0 Å². The van der Waals surface area contributed by atoms with Gasteiger partial charge in [-0.2, -0.15) is 0 Å². The van der Waals surface area contributed by atoms with Gasteiger partial charge in [0.05, 0.1) is 40.0 Å². The third-order valence-corrected chi connectivity index (χ3v) is 11.1. The number of nitrogens with zero attached hydrogens (tertiary/aromatic N) is 1. The summed E-state index contributed by atoms with van der Waals surface area (Å²) in [6.45, 7) is 4.33. The number of hydrogen-bond acceptors (Lipinski definition) is 8. The Morgan fingerprint density at radius 2 is 1.18 bits per heavy atom. The maximum Gasteiger partial charge on any atom is 0.472 e. The van der Waals surface area contributed by atoms with E-state index in [1.54, 1.807) is 0 Å². The van der Waals surface area contributed by atoms with E-state index in [0.29, 0.717) is 36.1 Å². The standard InChI is InChI=1S/C46H84NO9P/c1-6-8-10-11-12-13-14-15-16-17-18-23-26-29-33-37-46(49)55-42(41-54-57(50,51)53-39-38-47(3,4)5)40-52-45(48)36-32-28-25-22-20-19-21-24-27-31-35-44-43(56-44)34-30-9-7-2/h19,21-22,25,27,31,42-44H,6-18,20,23-24,26,28-30,32-41H2,1-5H3/p+1/b21-19-,25-22-,31-27-/t42-,43?,44?/m1/s1. The van der Waals surface area contributed by atoms with Crippen molar-refractivity contribution in [1.82, 2.24) is 0 Å². The Hall–Kier alpha value is -1.81. The highest BCUT2D eigenvalue weighted by Crippen LogP contribution is 2.43. The smallest absolute Gasteiger partial charge is 0.462 e. The molecule has 0 aromatic carbocycles. The molecule has 0 aromatic rings. The topological polar surface area (TPSA) is 121 Å². The Bertz CT molecular complexity index is 1140. The molecule has 1 heterocycles. The number of phosphoric ester groups is 1. The first-order valence-electron chi connectivity index (χ1n) is 22.8. The fraction of sp³-hybridized carbons (Fsp3) is 0.826. The van der Waals surface area contributed by atoms with Gasteiger partial charge >= 0.3 is 19.8 Å². The lowest BCUT2D eigenvalue weighted by atomic mass is 10.0. The molecule has 0 radical (unpaired) electrons. The number of unbranched alkanes of at least 4 members (excludes halogenated alkanes) is 17. The number of quaternary nitrogens is 1. The zero-order valence-electron chi connectivity index (χ0n) is 37.0. The summed E-state index contributed by atoms with van der Waals surface area (Å²) in [5.41, 5.74) is 0. The van der Waals surface area contributed by atoms with E-state index in [4.69, 9.17) is 23.3 Å². The molecule has 1 N–H and O–H groups in total. The summed E-state index contributed by atoms with van der Waals surface area (Å²) >= 11 is 0. The van der Waals surface area contributed by atoms with Gasteiger partial charge < -0.3 is 23.6 Å². The molecule has 0 bridgehead atoms. The van der Waals surface area contributed by atoms with Gasteiger partial charge in [-0.25, -0.2) is 4.57 Å². The molecule has 332 valence electrons. The molecule has 1 rings (SSSR count). The maximum atomic E-state index is 12.7. The summed E-state index contributed by atoms with van der Waals surface area (Å²) in [4.78, 5) is 35.4. The summed E-state index contributed by atoms with van der Waals surface area (Å²) in [6.07, 6.45) is 40.8. The minimum atomic E-state index is -4.39. The molecule has 0 saturated carbocycles. The number of ether oxygens (including phenoxy) is 3. The van der Waals surface area contributed by atoms with Crippen molar-refractivity contribution < 1.29 is 46.8 Å². The van der Waals surface area contributed by atoms with Crippen LogP contribution >= 0.6 is 7.82 Å². The van der Waals surface area contributed by atoms with Gasteiger partial charge in [-0.1, -0.05) is 159 Å². The SMILES string of the molecule is CCCCCCCCCCCCCCCCCC(=O)O[C@H](COC(=O)CCC/C=C\C/C=C\C/C=C\CC1OC1CCCCC)COP(=O)(O)OCC[N+](C)(C)C. The number of rotatable bonds is 40. The van der Waals surface area contributed by atoms with Crippen LogP contribution in [0.2, 0.25) is 0 Å². The molecule has 3 unspecified atom stereocenters. The number of hydrogen-bond donors (Lipinski definition) is 1. The minimum absolute atomic E-state index is 0.0220. The molecule has 4 atom stereocenters. The van der Waals surface area contributed by atoms with Gasteiger partial charge in [0.1, 0.15) is 19.8 Å². The van der Waals surface area contributed by atoms with Crippen molar-refractivity contribution in [2.24, 2.45) is 0 Å². The second-order valence-electron chi connectivity index (χ2n) is 16.8. The molecule has 1 aliphatic heterocycles. The van der Waals surface area contributed by atoms with Crippen molar-refractivity contribution in [3.63, 3.8) is 0 Å². The monoisotopic (exact) mass is 827 g/mol. The molecule has 0 spiro atoms. The van der Waals surface area contributed by atoms with E-state index < -0.39 is 32.5 Å². The van der Waals surface area contributed by atoms with E-state index in [1.165, 1.54) is 103 Å². The molecular formula is C46H85NO9P+. The second kappa shape index (κ2) is 35.0. The zero-order chi connectivity index (χ0) is 41.9. The molecule has 1 saturated heterocycles. The van der Waals surface area contributed by atoms with Crippen LogP contribution in [-0.2, 0) is 37.4 Å². The number of allylic oxidation sites excluding steroid dienone is 5. The summed E-state index contributed by atoms with van der Waals surface area (Å²) in [6, 6.07) is 0. The summed E-state index contributed by atoms with van der Waals surface area (Å²) < 4.78 is 40.0. The lowest BCUT2D eigenvalue weighted by Crippen LogP contribution is -2.37. The Balaban J connectivity index is 2.29. The number of carbonyl (C=O) groups is 2. The first-order chi connectivity index (χ1) is 27.5. The van der Waals surface area contributed by atoms with Crippen LogP contribution in [0.3, 0.4) is 0 Å². The number of esters is 2. The molecule has 0 aliphatic carbocycles. The average Bonchev–Trinajstić information content (AvgIpc) is 3.91. The lowest BCUT2D eigenvalue weighted by molar-refractivity contribution is -0.870. The van der Waals surface area contributed by atoms with Crippen LogP contribution in [0.5, 0.6) is 0 Å². The maximum absolute atomic E-state index is 12.7. The Morgan fingerprint density at radius 3 is 1.77 bits per heavy atom. The Morgan fingerprint density at radius 1 is 0.649 bits per heavy atom. The normalized spacial score (nSPS) is 17.4. The summed E-state index contributed by atoms with van der Waals surface area (Å²) in [5, 5.41) is 0. The number of phosphoric acid groups is 1. The van der Waals surface area contributed by atoms with E-state index in [2.05, 4.69) is 50.3 Å². The first kappa shape index (κ1) is 53.2. The lowest BCUT2D eigenvalue weighted by Gasteiger charge is -2.24. The molecule has 0 amide bonds. The van der Waals surface area contributed by atoms with Crippen molar-refractivity contribution in [2.45, 2.75) is 199 Å². The quantitative estimate of drug-likeness (QED) is 0.0161. The van der Waals surface area contributed by atoms with Gasteiger partial charge in [0.25, 0.3) is 0 Å². The van der Waals surface area contributed by atoms with E-state index >= 15 is 0 Å². The summed E-state index contributed by atoms with van der Waals surface area (Å²) in [5.74, 6) is -0.865. The van der Waals surface area contributed by atoms with Crippen molar-refractivity contribution in [3.05, 3.63) is 36.5 Å². The van der Waals surface area contributed by atoms with Crippen molar-refractivity contribution in [2.75, 3.05) is 47.5 Å². The third-order valence-electron chi connectivity index (χ3n) is 10.1. The highest BCUT2D eigenvalue weighted by molar-refractivity contribution is 7.47. The number of epoxide rings is 1. The fourth-order valence-corrected chi connectivity index (χ4v) is 7.14. The summed E-state index contributed by atoms with van der Waals surface area (Å²) in [7, 11) is 1.44. The highest BCUT2D eigenvalue weighted by Gasteiger charge is 2.36. The second-order valence-corrected chi connectivity index (χ2v) is 18.3. The van der Waals surface area contributed by atoms with Crippen molar-refractivity contribution >= 4 is 19.8 Å². The minimum Gasteiger partial charge on any atom is -0.462 e. The third kappa shape index (κ3) is 35.8. The van der Waals surface area contributed by atoms with Crippen LogP contribution in [0.15, 0.2) is 36.5 Å². The van der Waals surface area contributed by atoms with Crippen LogP contribution in [0.4, 0.5) is 0 Å². The number of likely N-dealkylation sites (N-methyl/N-ethyl adjacent to an activating group) is 1. The molecule has 57 heavy (non-hydrogen) atoms. The van der Waals surface area contributed by atoms with Gasteiger partial charge in [-0.15, -0.1) is 0 Å². The average molecular weight is 827 g/mol. The van der Waals surface area contributed by atoms with Crippen LogP contribution in [0, 0.1) is 0 Å². The van der Waals surface area contributed by atoms with Gasteiger partial charge in [-0.3, -0.25) is 18.6 Å². The largest absolute Gasteiger partial charge is 0.472 e. The van der Waals surface area contributed by atoms with Crippen molar-refractivity contribution in [1.29, 1.82) is 0 Å². The van der Waals surface area contributed by atoms with Crippen LogP contribution in [0.1, 0.15) is 181 Å². The molecule has 10 nitrogen and oxygen atoms in total.